The molecular formula is C13H16O3S. The summed E-state index contributed by atoms with van der Waals surface area (Å²) in [5.41, 5.74) is 1.01. The Labute approximate surface area is 102 Å². The average molecular weight is 252 g/mol. The lowest BCUT2D eigenvalue weighted by atomic mass is 9.99. The van der Waals surface area contributed by atoms with Gasteiger partial charge in [0.25, 0.3) is 0 Å². The molecule has 3 nitrogen and oxygen atoms in total. The number of carbonyl (C=O) groups is 1. The molecule has 92 valence electrons. The van der Waals surface area contributed by atoms with Gasteiger partial charge in [-0.2, -0.15) is 0 Å². The Morgan fingerprint density at radius 3 is 2.35 bits per heavy atom. The van der Waals surface area contributed by atoms with Gasteiger partial charge in [-0.05, 0) is 36.5 Å². The first kappa shape index (κ1) is 12.3. The maximum atomic E-state index is 11.9. The van der Waals surface area contributed by atoms with E-state index in [1.807, 2.05) is 19.1 Å². The molecule has 0 heterocycles. The highest BCUT2D eigenvalue weighted by molar-refractivity contribution is 7.92. The third-order valence-electron chi connectivity index (χ3n) is 3.19. The monoisotopic (exact) mass is 252 g/mol. The van der Waals surface area contributed by atoms with Gasteiger partial charge in [0, 0.05) is 6.42 Å². The Kier molecular flexibility index (Phi) is 3.33. The molecule has 1 aromatic carbocycles. The minimum absolute atomic E-state index is 0.144. The van der Waals surface area contributed by atoms with E-state index in [-0.39, 0.29) is 11.2 Å². The zero-order valence-corrected chi connectivity index (χ0v) is 10.6. The van der Waals surface area contributed by atoms with E-state index in [2.05, 4.69) is 0 Å². The molecule has 0 radical (unpaired) electrons. The molecular weight excluding hydrogens is 236 g/mol. The van der Waals surface area contributed by atoms with Crippen molar-refractivity contribution >= 4 is 16.1 Å². The van der Waals surface area contributed by atoms with Gasteiger partial charge in [0.05, 0.1) is 10.1 Å². The Bertz CT molecular complexity index is 498. The smallest absolute Gasteiger partial charge is 0.181 e. The van der Waals surface area contributed by atoms with Crippen molar-refractivity contribution in [2.45, 2.75) is 42.2 Å². The molecule has 1 aliphatic rings. The number of hydrogen-bond donors (Lipinski definition) is 0. The molecule has 0 aliphatic heterocycles. The molecule has 0 aromatic heterocycles. The van der Waals surface area contributed by atoms with Crippen molar-refractivity contribution in [3.8, 4) is 0 Å². The van der Waals surface area contributed by atoms with Crippen molar-refractivity contribution < 1.29 is 13.2 Å². The average Bonchev–Trinajstić information content (AvgIpc) is 3.13. The second kappa shape index (κ2) is 4.61. The lowest BCUT2D eigenvalue weighted by molar-refractivity contribution is -0.108. The van der Waals surface area contributed by atoms with E-state index in [0.717, 1.165) is 24.7 Å². The predicted molar refractivity (Wildman–Crippen MR) is 65.7 cm³/mol. The van der Waals surface area contributed by atoms with Gasteiger partial charge in [0.2, 0.25) is 0 Å². The Hall–Kier alpha value is -1.16. The molecule has 0 N–H and O–H groups in total. The quantitative estimate of drug-likeness (QED) is 0.756. The number of sulfone groups is 1. The molecule has 1 unspecified atom stereocenters. The van der Waals surface area contributed by atoms with Crippen LogP contribution in [0.4, 0.5) is 0 Å². The second-order valence-corrected chi connectivity index (χ2v) is 6.84. The molecule has 0 amide bonds. The van der Waals surface area contributed by atoms with Gasteiger partial charge in [-0.25, -0.2) is 8.42 Å². The van der Waals surface area contributed by atoms with E-state index in [0.29, 0.717) is 11.3 Å². The van der Waals surface area contributed by atoms with E-state index in [4.69, 9.17) is 0 Å². The summed E-state index contributed by atoms with van der Waals surface area (Å²) in [4.78, 5) is 10.8. The highest BCUT2D eigenvalue weighted by atomic mass is 32.2. The Morgan fingerprint density at radius 1 is 1.29 bits per heavy atom. The number of benzene rings is 1. The summed E-state index contributed by atoms with van der Waals surface area (Å²) in [6.45, 7) is 1.96. The van der Waals surface area contributed by atoms with Gasteiger partial charge in [0.15, 0.2) is 9.84 Å². The number of aldehydes is 1. The van der Waals surface area contributed by atoms with Gasteiger partial charge in [-0.15, -0.1) is 0 Å². The zero-order valence-electron chi connectivity index (χ0n) is 9.80. The van der Waals surface area contributed by atoms with Crippen molar-refractivity contribution in [1.29, 1.82) is 0 Å². The fraction of sp³-hybridized carbons (Fsp3) is 0.462. The Balaban J connectivity index is 2.21. The normalized spacial score (nSPS) is 17.7. The number of hydrogen-bond acceptors (Lipinski definition) is 3. The Morgan fingerprint density at radius 2 is 1.88 bits per heavy atom. The van der Waals surface area contributed by atoms with Crippen molar-refractivity contribution in [1.82, 2.24) is 0 Å². The molecule has 1 aliphatic carbocycles. The van der Waals surface area contributed by atoms with Crippen LogP contribution in [0.5, 0.6) is 0 Å². The summed E-state index contributed by atoms with van der Waals surface area (Å²) < 4.78 is 23.9. The minimum atomic E-state index is -3.09. The number of rotatable bonds is 5. The first-order valence-corrected chi connectivity index (χ1v) is 7.38. The summed E-state index contributed by atoms with van der Waals surface area (Å²) >= 11 is 0. The fourth-order valence-electron chi connectivity index (χ4n) is 1.84. The fourth-order valence-corrected chi connectivity index (χ4v) is 3.49. The molecule has 1 aromatic rings. The van der Waals surface area contributed by atoms with E-state index >= 15 is 0 Å². The molecule has 2 rings (SSSR count). The summed E-state index contributed by atoms with van der Waals surface area (Å²) in [7, 11) is -3.09. The van der Waals surface area contributed by atoms with Crippen LogP contribution in [-0.4, -0.2) is 20.0 Å². The third-order valence-corrected chi connectivity index (χ3v) is 5.47. The molecule has 1 fully saturated rings. The maximum Gasteiger partial charge on any atom is 0.181 e. The topological polar surface area (TPSA) is 51.2 Å². The van der Waals surface area contributed by atoms with Gasteiger partial charge < -0.3 is 4.79 Å². The van der Waals surface area contributed by atoms with Crippen molar-refractivity contribution in [2.24, 2.45) is 0 Å². The predicted octanol–water partition coefficient (Wildman–Crippen LogP) is 2.32. The van der Waals surface area contributed by atoms with Gasteiger partial charge in [-0.3, -0.25) is 0 Å². The molecule has 0 saturated heterocycles. The summed E-state index contributed by atoms with van der Waals surface area (Å²) in [5.74, 6) is 0.144. The SMILES string of the molecule is CC(CC=O)c1ccc(S(=O)(=O)C2CC2)cc1. The molecule has 0 bridgehead atoms. The van der Waals surface area contributed by atoms with E-state index in [9.17, 15) is 13.2 Å². The van der Waals surface area contributed by atoms with Gasteiger partial charge in [-0.1, -0.05) is 19.1 Å². The lowest BCUT2D eigenvalue weighted by Gasteiger charge is -2.09. The van der Waals surface area contributed by atoms with Crippen LogP contribution in [0.15, 0.2) is 29.2 Å². The van der Waals surface area contributed by atoms with Crippen LogP contribution in [0.3, 0.4) is 0 Å². The zero-order chi connectivity index (χ0) is 12.5. The van der Waals surface area contributed by atoms with Crippen LogP contribution in [-0.2, 0) is 14.6 Å². The summed E-state index contributed by atoms with van der Waals surface area (Å²) in [5, 5.41) is -0.166. The first-order valence-electron chi connectivity index (χ1n) is 5.83. The van der Waals surface area contributed by atoms with E-state index < -0.39 is 9.84 Å². The van der Waals surface area contributed by atoms with E-state index in [1.165, 1.54) is 0 Å². The van der Waals surface area contributed by atoms with Crippen molar-refractivity contribution in [3.05, 3.63) is 29.8 Å². The third kappa shape index (κ3) is 2.57. The molecule has 4 heteroatoms. The molecule has 17 heavy (non-hydrogen) atoms. The highest BCUT2D eigenvalue weighted by Crippen LogP contribution is 2.33. The maximum absolute atomic E-state index is 11.9. The summed E-state index contributed by atoms with van der Waals surface area (Å²) in [6.07, 6.45) is 2.92. The minimum Gasteiger partial charge on any atom is -0.303 e. The van der Waals surface area contributed by atoms with Gasteiger partial charge in [0.1, 0.15) is 6.29 Å². The van der Waals surface area contributed by atoms with Crippen LogP contribution >= 0.6 is 0 Å². The lowest BCUT2D eigenvalue weighted by Crippen LogP contribution is -2.07. The molecule has 1 atom stereocenters. The highest BCUT2D eigenvalue weighted by Gasteiger charge is 2.36. The van der Waals surface area contributed by atoms with Crippen LogP contribution in [0.2, 0.25) is 0 Å². The second-order valence-electron chi connectivity index (χ2n) is 4.62. The first-order chi connectivity index (χ1) is 8.05. The largest absolute Gasteiger partial charge is 0.303 e. The van der Waals surface area contributed by atoms with Crippen LogP contribution in [0.1, 0.15) is 37.7 Å². The van der Waals surface area contributed by atoms with Crippen LogP contribution in [0.25, 0.3) is 0 Å². The van der Waals surface area contributed by atoms with Crippen LogP contribution in [0, 0.1) is 0 Å². The molecule has 0 spiro atoms. The van der Waals surface area contributed by atoms with Gasteiger partial charge >= 0.3 is 0 Å². The summed E-state index contributed by atoms with van der Waals surface area (Å²) in [6, 6.07) is 6.93. The standard InChI is InChI=1S/C13H16O3S/c1-10(8-9-14)11-2-4-12(5-3-11)17(15,16)13-6-7-13/h2-5,9-10,13H,6-8H2,1H3. The van der Waals surface area contributed by atoms with Crippen LogP contribution < -0.4 is 0 Å². The van der Waals surface area contributed by atoms with E-state index in [1.54, 1.807) is 12.1 Å². The van der Waals surface area contributed by atoms with Crippen molar-refractivity contribution in [3.63, 3.8) is 0 Å². The number of carbonyl (C=O) groups excluding carboxylic acids is 1. The molecule has 1 saturated carbocycles. The van der Waals surface area contributed by atoms with Crippen molar-refractivity contribution in [2.75, 3.05) is 0 Å².